The Kier molecular flexibility index (Phi) is 5.03. The Morgan fingerprint density at radius 1 is 1.25 bits per heavy atom. The van der Waals surface area contributed by atoms with E-state index in [1.807, 2.05) is 0 Å². The second-order valence-electron chi connectivity index (χ2n) is 6.33. The van der Waals surface area contributed by atoms with Crippen molar-refractivity contribution in [3.63, 3.8) is 0 Å². The van der Waals surface area contributed by atoms with Crippen LogP contribution in [0.1, 0.15) is 59.1 Å². The van der Waals surface area contributed by atoms with Gasteiger partial charge in [0, 0.05) is 24.3 Å². The van der Waals surface area contributed by atoms with Gasteiger partial charge in [-0.1, -0.05) is 13.0 Å². The van der Waals surface area contributed by atoms with E-state index in [2.05, 4.69) is 62.7 Å². The molecule has 2 rings (SSSR count). The van der Waals surface area contributed by atoms with Crippen LogP contribution in [0.5, 0.6) is 0 Å². The molecule has 112 valence electrons. The van der Waals surface area contributed by atoms with Crippen LogP contribution in [-0.2, 0) is 0 Å². The van der Waals surface area contributed by atoms with E-state index in [1.54, 1.807) is 0 Å². The molecule has 1 saturated heterocycles. The predicted octanol–water partition coefficient (Wildman–Crippen LogP) is 3.86. The highest BCUT2D eigenvalue weighted by Gasteiger charge is 2.25. The minimum absolute atomic E-state index is 0.479. The summed E-state index contributed by atoms with van der Waals surface area (Å²) in [6, 6.07) is 6.01. The number of aromatic nitrogens is 1. The van der Waals surface area contributed by atoms with E-state index in [9.17, 15) is 0 Å². The normalized spacial score (nSPS) is 20.1. The van der Waals surface area contributed by atoms with E-state index in [0.717, 1.165) is 12.4 Å². The van der Waals surface area contributed by atoms with Gasteiger partial charge in [0.25, 0.3) is 0 Å². The summed E-state index contributed by atoms with van der Waals surface area (Å²) in [5.74, 6) is 1.10. The van der Waals surface area contributed by atoms with E-state index in [1.165, 1.54) is 24.9 Å². The minimum atomic E-state index is 0.479. The summed E-state index contributed by atoms with van der Waals surface area (Å²) in [7, 11) is 0. The van der Waals surface area contributed by atoms with Crippen molar-refractivity contribution in [2.24, 2.45) is 0 Å². The zero-order valence-electron chi connectivity index (χ0n) is 13.6. The van der Waals surface area contributed by atoms with Crippen molar-refractivity contribution in [2.75, 3.05) is 18.0 Å². The number of likely N-dealkylation sites (tertiary alicyclic amines) is 1. The molecule has 0 amide bonds. The molecule has 1 aromatic rings. The Labute approximate surface area is 124 Å². The van der Waals surface area contributed by atoms with Gasteiger partial charge in [-0.15, -0.1) is 0 Å². The molecule has 0 aliphatic carbocycles. The van der Waals surface area contributed by atoms with Gasteiger partial charge in [-0.05, 0) is 65.3 Å². The second-order valence-corrected chi connectivity index (χ2v) is 6.33. The molecule has 1 aliphatic heterocycles. The number of rotatable bonds is 5. The van der Waals surface area contributed by atoms with Crippen LogP contribution < -0.4 is 4.90 Å². The maximum Gasteiger partial charge on any atom is 0.128 e. The Balaban J connectivity index is 2.17. The van der Waals surface area contributed by atoms with Gasteiger partial charge in [0.2, 0.25) is 0 Å². The third kappa shape index (κ3) is 3.14. The second kappa shape index (κ2) is 6.57. The molecule has 0 aromatic carbocycles. The maximum atomic E-state index is 4.73. The van der Waals surface area contributed by atoms with Crippen molar-refractivity contribution in [2.45, 2.75) is 65.6 Å². The fraction of sp³-hybridized carbons (Fsp3) is 0.706. The lowest BCUT2D eigenvalue weighted by Gasteiger charge is -2.32. The van der Waals surface area contributed by atoms with E-state index in [-0.39, 0.29) is 0 Å². The van der Waals surface area contributed by atoms with Crippen molar-refractivity contribution in [1.29, 1.82) is 0 Å². The number of pyridine rings is 1. The third-order valence-electron chi connectivity index (χ3n) is 4.30. The fourth-order valence-corrected chi connectivity index (χ4v) is 3.45. The first kappa shape index (κ1) is 15.3. The molecule has 1 fully saturated rings. The Morgan fingerprint density at radius 2 is 1.95 bits per heavy atom. The van der Waals surface area contributed by atoms with Gasteiger partial charge < -0.3 is 4.90 Å². The lowest BCUT2D eigenvalue weighted by molar-refractivity contribution is 0.271. The van der Waals surface area contributed by atoms with Crippen LogP contribution >= 0.6 is 0 Å². The molecule has 1 atom stereocenters. The van der Waals surface area contributed by atoms with Gasteiger partial charge in [0.15, 0.2) is 0 Å². The van der Waals surface area contributed by atoms with Gasteiger partial charge >= 0.3 is 0 Å². The van der Waals surface area contributed by atoms with Crippen molar-refractivity contribution in [3.8, 4) is 0 Å². The number of hydrogen-bond donors (Lipinski definition) is 0. The highest BCUT2D eigenvalue weighted by molar-refractivity contribution is 5.41. The third-order valence-corrected chi connectivity index (χ3v) is 4.30. The van der Waals surface area contributed by atoms with Crippen LogP contribution in [0.3, 0.4) is 0 Å². The Bertz CT molecular complexity index is 403. The van der Waals surface area contributed by atoms with Crippen LogP contribution in [-0.4, -0.2) is 35.1 Å². The lowest BCUT2D eigenvalue weighted by Crippen LogP contribution is -2.37. The first-order valence-electron chi connectivity index (χ1n) is 8.03. The lowest BCUT2D eigenvalue weighted by atomic mass is 10.1. The number of anilines is 1. The van der Waals surface area contributed by atoms with Crippen molar-refractivity contribution in [1.82, 2.24) is 9.88 Å². The first-order valence-corrected chi connectivity index (χ1v) is 8.03. The molecule has 0 spiro atoms. The van der Waals surface area contributed by atoms with E-state index < -0.39 is 0 Å². The number of hydrogen-bond acceptors (Lipinski definition) is 3. The summed E-state index contributed by atoms with van der Waals surface area (Å²) >= 11 is 0. The van der Waals surface area contributed by atoms with Crippen LogP contribution in [0.2, 0.25) is 0 Å². The molecule has 1 aliphatic rings. The molecular weight excluding hydrogens is 246 g/mol. The molecule has 0 radical (unpaired) electrons. The molecule has 0 bridgehead atoms. The van der Waals surface area contributed by atoms with Crippen LogP contribution in [0.15, 0.2) is 18.3 Å². The van der Waals surface area contributed by atoms with Gasteiger partial charge in [0.05, 0.1) is 0 Å². The molecule has 0 saturated carbocycles. The van der Waals surface area contributed by atoms with E-state index in [4.69, 9.17) is 4.98 Å². The topological polar surface area (TPSA) is 19.4 Å². The monoisotopic (exact) mass is 275 g/mol. The van der Waals surface area contributed by atoms with Crippen LogP contribution in [0, 0.1) is 0 Å². The molecule has 0 N–H and O–H groups in total. The Hall–Kier alpha value is -1.09. The van der Waals surface area contributed by atoms with Gasteiger partial charge in [-0.2, -0.15) is 0 Å². The number of nitrogens with zero attached hydrogens (tertiary/aromatic N) is 3. The molecule has 20 heavy (non-hydrogen) atoms. The average molecular weight is 275 g/mol. The molecule has 0 unspecified atom stereocenters. The van der Waals surface area contributed by atoms with Gasteiger partial charge in [-0.3, -0.25) is 4.90 Å². The van der Waals surface area contributed by atoms with Crippen molar-refractivity contribution in [3.05, 3.63) is 23.9 Å². The molecular formula is C17H29N3. The van der Waals surface area contributed by atoms with Crippen LogP contribution in [0.25, 0.3) is 0 Å². The highest BCUT2D eigenvalue weighted by atomic mass is 15.2. The van der Waals surface area contributed by atoms with Crippen molar-refractivity contribution < 1.29 is 0 Å². The van der Waals surface area contributed by atoms with Crippen LogP contribution in [0.4, 0.5) is 5.82 Å². The molecule has 3 heteroatoms. The molecule has 3 nitrogen and oxygen atoms in total. The standard InChI is InChI=1S/C17H29N3/c1-6-19-11-7-8-16(19)15-9-10-17(18-12-15)20(13(2)3)14(4)5/h9-10,12-14,16H,6-8,11H2,1-5H3/t16-/m0/s1. The molecule has 1 aromatic heterocycles. The zero-order valence-corrected chi connectivity index (χ0v) is 13.6. The smallest absolute Gasteiger partial charge is 0.128 e. The zero-order chi connectivity index (χ0) is 14.7. The summed E-state index contributed by atoms with van der Waals surface area (Å²) in [6.45, 7) is 13.5. The summed E-state index contributed by atoms with van der Waals surface area (Å²) in [5.41, 5.74) is 1.38. The maximum absolute atomic E-state index is 4.73. The SMILES string of the molecule is CCN1CCC[C@H]1c1ccc(N(C(C)C)C(C)C)nc1. The fourth-order valence-electron chi connectivity index (χ4n) is 3.45. The summed E-state index contributed by atoms with van der Waals surface area (Å²) in [6.07, 6.45) is 4.67. The summed E-state index contributed by atoms with van der Waals surface area (Å²) < 4.78 is 0. The summed E-state index contributed by atoms with van der Waals surface area (Å²) in [5, 5.41) is 0. The van der Waals surface area contributed by atoms with Gasteiger partial charge in [0.1, 0.15) is 5.82 Å². The minimum Gasteiger partial charge on any atom is -0.352 e. The van der Waals surface area contributed by atoms with E-state index in [0.29, 0.717) is 18.1 Å². The van der Waals surface area contributed by atoms with Gasteiger partial charge in [-0.25, -0.2) is 4.98 Å². The highest BCUT2D eigenvalue weighted by Crippen LogP contribution is 2.31. The summed E-state index contributed by atoms with van der Waals surface area (Å²) in [4.78, 5) is 9.66. The predicted molar refractivity (Wildman–Crippen MR) is 86.2 cm³/mol. The average Bonchev–Trinajstić information content (AvgIpc) is 2.87. The van der Waals surface area contributed by atoms with E-state index >= 15 is 0 Å². The molecule has 2 heterocycles. The van der Waals surface area contributed by atoms with Crippen molar-refractivity contribution >= 4 is 5.82 Å². The Morgan fingerprint density at radius 3 is 2.45 bits per heavy atom. The quantitative estimate of drug-likeness (QED) is 0.813. The first-order chi connectivity index (χ1) is 9.54. The largest absolute Gasteiger partial charge is 0.352 e.